The number of aromatic nitrogens is 2. The SMILES string of the molecule is CC(Cl)c1nc2ccc(F)cc2n1CC1CCCCO1. The van der Waals surface area contributed by atoms with Gasteiger partial charge in [-0.3, -0.25) is 0 Å². The predicted octanol–water partition coefficient (Wildman–Crippen LogP) is 4.04. The van der Waals surface area contributed by atoms with E-state index >= 15 is 0 Å². The number of hydrogen-bond donors (Lipinski definition) is 0. The Morgan fingerprint density at radius 1 is 1.50 bits per heavy atom. The highest BCUT2D eigenvalue weighted by atomic mass is 35.5. The summed E-state index contributed by atoms with van der Waals surface area (Å²) >= 11 is 6.22. The Kier molecular flexibility index (Phi) is 3.94. The molecule has 1 saturated heterocycles. The molecule has 1 aliphatic rings. The lowest BCUT2D eigenvalue weighted by Crippen LogP contribution is -2.25. The molecule has 2 unspecified atom stereocenters. The van der Waals surface area contributed by atoms with Crippen LogP contribution in [0.1, 0.15) is 37.4 Å². The lowest BCUT2D eigenvalue weighted by Gasteiger charge is -2.24. The number of halogens is 2. The molecule has 3 rings (SSSR count). The molecule has 0 bridgehead atoms. The molecule has 3 nitrogen and oxygen atoms in total. The van der Waals surface area contributed by atoms with Gasteiger partial charge < -0.3 is 9.30 Å². The second-order valence-corrected chi connectivity index (χ2v) is 5.97. The van der Waals surface area contributed by atoms with Crippen molar-refractivity contribution in [2.45, 2.75) is 44.2 Å². The molecule has 0 spiro atoms. The van der Waals surface area contributed by atoms with Gasteiger partial charge in [-0.15, -0.1) is 11.6 Å². The van der Waals surface area contributed by atoms with Crippen LogP contribution in [-0.4, -0.2) is 22.3 Å². The molecule has 0 saturated carbocycles. The summed E-state index contributed by atoms with van der Waals surface area (Å²) < 4.78 is 21.3. The summed E-state index contributed by atoms with van der Waals surface area (Å²) in [4.78, 5) is 4.53. The second kappa shape index (κ2) is 5.70. The Morgan fingerprint density at radius 3 is 3.05 bits per heavy atom. The molecule has 0 radical (unpaired) electrons. The van der Waals surface area contributed by atoms with Crippen molar-refractivity contribution in [3.05, 3.63) is 29.8 Å². The van der Waals surface area contributed by atoms with Crippen LogP contribution in [0.4, 0.5) is 4.39 Å². The standard InChI is InChI=1S/C15H18ClFN2O/c1-10(16)15-18-13-6-5-11(17)8-14(13)19(15)9-12-4-2-3-7-20-12/h5-6,8,10,12H,2-4,7,9H2,1H3. The van der Waals surface area contributed by atoms with Crippen LogP contribution in [0.3, 0.4) is 0 Å². The van der Waals surface area contributed by atoms with Crippen molar-refractivity contribution in [3.63, 3.8) is 0 Å². The van der Waals surface area contributed by atoms with Gasteiger partial charge in [-0.2, -0.15) is 0 Å². The van der Waals surface area contributed by atoms with Crippen LogP contribution >= 0.6 is 11.6 Å². The van der Waals surface area contributed by atoms with Crippen molar-refractivity contribution in [2.75, 3.05) is 6.61 Å². The van der Waals surface area contributed by atoms with Crippen LogP contribution < -0.4 is 0 Å². The van der Waals surface area contributed by atoms with Crippen LogP contribution in [0.2, 0.25) is 0 Å². The molecule has 2 aromatic rings. The summed E-state index contributed by atoms with van der Waals surface area (Å²) in [5.41, 5.74) is 1.58. The largest absolute Gasteiger partial charge is 0.376 e. The van der Waals surface area contributed by atoms with Gasteiger partial charge in [0.15, 0.2) is 0 Å². The Labute approximate surface area is 122 Å². The fraction of sp³-hybridized carbons (Fsp3) is 0.533. The molecule has 0 amide bonds. The van der Waals surface area contributed by atoms with Crippen molar-refractivity contribution in [1.82, 2.24) is 9.55 Å². The van der Waals surface area contributed by atoms with Crippen LogP contribution in [0.25, 0.3) is 11.0 Å². The van der Waals surface area contributed by atoms with E-state index in [1.54, 1.807) is 6.07 Å². The molecule has 1 aromatic heterocycles. The van der Waals surface area contributed by atoms with Crippen molar-refractivity contribution >= 4 is 22.6 Å². The molecule has 2 atom stereocenters. The summed E-state index contributed by atoms with van der Waals surface area (Å²) in [5, 5.41) is -0.214. The average Bonchev–Trinajstić information content (AvgIpc) is 2.78. The smallest absolute Gasteiger partial charge is 0.127 e. The average molecular weight is 297 g/mol. The predicted molar refractivity (Wildman–Crippen MR) is 77.6 cm³/mol. The highest BCUT2D eigenvalue weighted by Gasteiger charge is 2.20. The Morgan fingerprint density at radius 2 is 2.35 bits per heavy atom. The van der Waals surface area contributed by atoms with Gasteiger partial charge in [0, 0.05) is 6.61 Å². The molecule has 5 heteroatoms. The number of imidazole rings is 1. The van der Waals surface area contributed by atoms with Crippen molar-refractivity contribution in [2.24, 2.45) is 0 Å². The third-order valence-electron chi connectivity index (χ3n) is 3.76. The quantitative estimate of drug-likeness (QED) is 0.799. The number of ether oxygens (including phenoxy) is 1. The highest BCUT2D eigenvalue weighted by molar-refractivity contribution is 6.20. The summed E-state index contributed by atoms with van der Waals surface area (Å²) in [7, 11) is 0. The van der Waals surface area contributed by atoms with E-state index in [1.165, 1.54) is 18.6 Å². The number of rotatable bonds is 3. The minimum Gasteiger partial charge on any atom is -0.376 e. The first-order chi connectivity index (χ1) is 9.65. The van der Waals surface area contributed by atoms with Gasteiger partial charge in [0.25, 0.3) is 0 Å². The van der Waals surface area contributed by atoms with Crippen LogP contribution in [0, 0.1) is 5.82 Å². The second-order valence-electron chi connectivity index (χ2n) is 5.32. The Balaban J connectivity index is 2.01. The molecular weight excluding hydrogens is 279 g/mol. The third-order valence-corrected chi connectivity index (χ3v) is 3.95. The van der Waals surface area contributed by atoms with Crippen LogP contribution in [0.15, 0.2) is 18.2 Å². The Hall–Kier alpha value is -1.13. The van der Waals surface area contributed by atoms with Gasteiger partial charge in [0.05, 0.1) is 29.1 Å². The monoisotopic (exact) mass is 296 g/mol. The van der Waals surface area contributed by atoms with E-state index in [2.05, 4.69) is 4.98 Å². The first-order valence-corrected chi connectivity index (χ1v) is 7.50. The number of benzene rings is 1. The van der Waals surface area contributed by atoms with Crippen LogP contribution in [-0.2, 0) is 11.3 Å². The van der Waals surface area contributed by atoms with E-state index in [9.17, 15) is 4.39 Å². The number of fused-ring (bicyclic) bond motifs is 1. The van der Waals surface area contributed by atoms with Gasteiger partial charge in [-0.1, -0.05) is 0 Å². The topological polar surface area (TPSA) is 27.1 Å². The molecular formula is C15H18ClFN2O. The van der Waals surface area contributed by atoms with E-state index in [0.717, 1.165) is 36.3 Å². The molecule has 0 N–H and O–H groups in total. The van der Waals surface area contributed by atoms with Crippen molar-refractivity contribution in [3.8, 4) is 0 Å². The van der Waals surface area contributed by atoms with E-state index in [0.29, 0.717) is 6.54 Å². The van der Waals surface area contributed by atoms with Crippen molar-refractivity contribution in [1.29, 1.82) is 0 Å². The molecule has 20 heavy (non-hydrogen) atoms. The van der Waals surface area contributed by atoms with Gasteiger partial charge in [-0.05, 0) is 44.4 Å². The molecule has 1 fully saturated rings. The summed E-state index contributed by atoms with van der Waals surface area (Å²) in [6, 6.07) is 4.65. The van der Waals surface area contributed by atoms with E-state index in [-0.39, 0.29) is 17.3 Å². The van der Waals surface area contributed by atoms with E-state index < -0.39 is 0 Å². The summed E-state index contributed by atoms with van der Waals surface area (Å²) in [5.74, 6) is 0.526. The fourth-order valence-electron chi connectivity index (χ4n) is 2.77. The Bertz CT molecular complexity index is 605. The fourth-order valence-corrected chi connectivity index (χ4v) is 2.93. The maximum Gasteiger partial charge on any atom is 0.127 e. The number of nitrogens with zero attached hydrogens (tertiary/aromatic N) is 2. The number of hydrogen-bond acceptors (Lipinski definition) is 2. The first-order valence-electron chi connectivity index (χ1n) is 7.06. The maximum absolute atomic E-state index is 13.5. The normalized spacial score (nSPS) is 21.2. The van der Waals surface area contributed by atoms with Gasteiger partial charge in [-0.25, -0.2) is 9.37 Å². The molecule has 1 aromatic carbocycles. The molecule has 0 aliphatic carbocycles. The minimum absolute atomic E-state index is 0.165. The van der Waals surface area contributed by atoms with Gasteiger partial charge in [0.1, 0.15) is 11.6 Å². The van der Waals surface area contributed by atoms with Gasteiger partial charge in [0.2, 0.25) is 0 Å². The maximum atomic E-state index is 13.5. The van der Waals surface area contributed by atoms with E-state index in [1.807, 2.05) is 11.5 Å². The zero-order valence-electron chi connectivity index (χ0n) is 11.5. The summed E-state index contributed by atoms with van der Waals surface area (Å²) in [6.45, 7) is 3.38. The minimum atomic E-state index is -0.253. The van der Waals surface area contributed by atoms with E-state index in [4.69, 9.17) is 16.3 Å². The lowest BCUT2D eigenvalue weighted by molar-refractivity contribution is 0.00618. The van der Waals surface area contributed by atoms with Crippen LogP contribution in [0.5, 0.6) is 0 Å². The van der Waals surface area contributed by atoms with Crippen molar-refractivity contribution < 1.29 is 9.13 Å². The molecule has 2 heterocycles. The van der Waals surface area contributed by atoms with Gasteiger partial charge >= 0.3 is 0 Å². The molecule has 108 valence electrons. The first kappa shape index (κ1) is 13.8. The lowest BCUT2D eigenvalue weighted by atomic mass is 10.1. The number of alkyl halides is 1. The zero-order valence-corrected chi connectivity index (χ0v) is 12.2. The zero-order chi connectivity index (χ0) is 14.1. The summed E-state index contributed by atoms with van der Waals surface area (Å²) in [6.07, 6.45) is 3.50. The molecule has 1 aliphatic heterocycles. The highest BCUT2D eigenvalue weighted by Crippen LogP contribution is 2.27. The third kappa shape index (κ3) is 2.67.